The van der Waals surface area contributed by atoms with Crippen molar-refractivity contribution in [1.29, 1.82) is 0 Å². The van der Waals surface area contributed by atoms with E-state index < -0.39 is 12.2 Å². The minimum Gasteiger partial charge on any atom is -0.389 e. The van der Waals surface area contributed by atoms with E-state index in [1.54, 1.807) is 0 Å². The van der Waals surface area contributed by atoms with E-state index in [1.807, 2.05) is 0 Å². The molecule has 1 aliphatic heterocycles. The summed E-state index contributed by atoms with van der Waals surface area (Å²) >= 11 is 2.52. The van der Waals surface area contributed by atoms with Gasteiger partial charge in [-0.1, -0.05) is 22.6 Å². The second-order valence-corrected chi connectivity index (χ2v) is 6.26. The Morgan fingerprint density at radius 1 is 0.929 bits per heavy atom. The van der Waals surface area contributed by atoms with Gasteiger partial charge >= 0.3 is 0 Å². The fraction of sp³-hybridized carbons (Fsp3) is 1.00. The first kappa shape index (κ1) is 11.1. The van der Waals surface area contributed by atoms with E-state index in [4.69, 9.17) is 0 Å². The first-order chi connectivity index (χ1) is 6.66. The van der Waals surface area contributed by atoms with Crippen LogP contribution in [0.25, 0.3) is 0 Å². The highest BCUT2D eigenvalue weighted by Crippen LogP contribution is 2.29. The summed E-state index contributed by atoms with van der Waals surface area (Å²) < 4.78 is 0.835. The van der Waals surface area contributed by atoms with Crippen LogP contribution in [0.2, 0.25) is 0 Å². The molecule has 4 heteroatoms. The normalized spacial score (nSPS) is 45.6. The second kappa shape index (κ2) is 4.63. The van der Waals surface area contributed by atoms with Crippen molar-refractivity contribution in [1.82, 2.24) is 4.90 Å². The standard InChI is InChI=1S/C10H18INO2/c11-7-1-3-8(4-2-7)12-5-9(13)10(14)6-12/h7-10,13-14H,1-6H2/t7-,8-,9-,10-/m0/s1. The van der Waals surface area contributed by atoms with Crippen molar-refractivity contribution in [3.05, 3.63) is 0 Å². The van der Waals surface area contributed by atoms with Crippen LogP contribution in [0.4, 0.5) is 0 Å². The lowest BCUT2D eigenvalue weighted by molar-refractivity contribution is 0.0572. The third-order valence-electron chi connectivity index (χ3n) is 3.43. The molecular weight excluding hydrogens is 293 g/mol. The van der Waals surface area contributed by atoms with Gasteiger partial charge in [-0.3, -0.25) is 4.90 Å². The third kappa shape index (κ3) is 2.40. The number of likely N-dealkylation sites (tertiary alicyclic amines) is 1. The summed E-state index contributed by atoms with van der Waals surface area (Å²) in [6.45, 7) is 1.33. The third-order valence-corrected chi connectivity index (χ3v) is 4.68. The number of aliphatic hydroxyl groups excluding tert-OH is 2. The molecule has 1 saturated carbocycles. The first-order valence-corrected chi connectivity index (χ1v) is 6.65. The number of alkyl halides is 1. The molecular formula is C10H18INO2. The Labute approximate surface area is 98.6 Å². The molecule has 2 aliphatic rings. The highest BCUT2D eigenvalue weighted by Gasteiger charge is 2.34. The maximum absolute atomic E-state index is 9.46. The van der Waals surface area contributed by atoms with Gasteiger partial charge in [-0.15, -0.1) is 0 Å². The molecule has 14 heavy (non-hydrogen) atoms. The van der Waals surface area contributed by atoms with Gasteiger partial charge < -0.3 is 10.2 Å². The highest BCUT2D eigenvalue weighted by atomic mass is 127. The van der Waals surface area contributed by atoms with Crippen molar-refractivity contribution in [2.24, 2.45) is 0 Å². The summed E-state index contributed by atoms with van der Waals surface area (Å²) in [5.74, 6) is 0. The highest BCUT2D eigenvalue weighted by molar-refractivity contribution is 14.1. The van der Waals surface area contributed by atoms with Crippen molar-refractivity contribution >= 4 is 22.6 Å². The van der Waals surface area contributed by atoms with Gasteiger partial charge in [0.05, 0.1) is 12.2 Å². The molecule has 0 aromatic carbocycles. The van der Waals surface area contributed by atoms with Crippen LogP contribution in [0.1, 0.15) is 25.7 Å². The lowest BCUT2D eigenvalue weighted by atomic mass is 9.94. The molecule has 82 valence electrons. The summed E-state index contributed by atoms with van der Waals surface area (Å²) in [4.78, 5) is 2.26. The monoisotopic (exact) mass is 311 g/mol. The molecule has 0 aromatic rings. The molecule has 1 saturated heterocycles. The molecule has 2 N–H and O–H groups in total. The largest absolute Gasteiger partial charge is 0.389 e. The van der Waals surface area contributed by atoms with Crippen molar-refractivity contribution in [2.45, 2.75) is 47.9 Å². The average Bonchev–Trinajstić information content (AvgIpc) is 2.48. The van der Waals surface area contributed by atoms with Crippen molar-refractivity contribution in [3.63, 3.8) is 0 Å². The van der Waals surface area contributed by atoms with E-state index in [9.17, 15) is 10.2 Å². The Hall–Kier alpha value is 0.610. The number of hydrogen-bond donors (Lipinski definition) is 2. The smallest absolute Gasteiger partial charge is 0.0938 e. The molecule has 2 fully saturated rings. The van der Waals surface area contributed by atoms with Crippen LogP contribution >= 0.6 is 22.6 Å². The minimum absolute atomic E-state index is 0.521. The fourth-order valence-electron chi connectivity index (χ4n) is 2.50. The van der Waals surface area contributed by atoms with E-state index in [0.717, 1.165) is 3.92 Å². The molecule has 1 heterocycles. The lowest BCUT2D eigenvalue weighted by Crippen LogP contribution is -2.37. The average molecular weight is 311 g/mol. The number of nitrogens with zero attached hydrogens (tertiary/aromatic N) is 1. The van der Waals surface area contributed by atoms with Gasteiger partial charge in [-0.2, -0.15) is 0 Å². The molecule has 1 aliphatic carbocycles. The Bertz CT molecular complexity index is 185. The Kier molecular flexibility index (Phi) is 3.68. The second-order valence-electron chi connectivity index (χ2n) is 4.49. The summed E-state index contributed by atoms with van der Waals surface area (Å²) in [6, 6.07) is 0.604. The Morgan fingerprint density at radius 3 is 1.93 bits per heavy atom. The van der Waals surface area contributed by atoms with E-state index in [2.05, 4.69) is 27.5 Å². The van der Waals surface area contributed by atoms with Crippen LogP contribution in [0.5, 0.6) is 0 Å². The summed E-state index contributed by atoms with van der Waals surface area (Å²) in [7, 11) is 0. The minimum atomic E-state index is -0.521. The molecule has 3 nitrogen and oxygen atoms in total. The van der Waals surface area contributed by atoms with E-state index in [-0.39, 0.29) is 0 Å². The van der Waals surface area contributed by atoms with Gasteiger partial charge in [0.15, 0.2) is 0 Å². The molecule has 0 radical (unpaired) electrons. The van der Waals surface area contributed by atoms with Crippen molar-refractivity contribution in [2.75, 3.05) is 13.1 Å². The number of hydrogen-bond acceptors (Lipinski definition) is 3. The van der Waals surface area contributed by atoms with Crippen LogP contribution in [0, 0.1) is 0 Å². The lowest BCUT2D eigenvalue weighted by Gasteiger charge is -2.32. The molecule has 0 amide bonds. The number of rotatable bonds is 1. The maximum atomic E-state index is 9.46. The summed E-state index contributed by atoms with van der Waals surface area (Å²) in [5, 5.41) is 18.9. The van der Waals surface area contributed by atoms with Crippen LogP contribution in [0.15, 0.2) is 0 Å². The molecule has 2 atom stereocenters. The topological polar surface area (TPSA) is 43.7 Å². The Morgan fingerprint density at radius 2 is 1.43 bits per heavy atom. The van der Waals surface area contributed by atoms with Crippen molar-refractivity contribution in [3.8, 4) is 0 Å². The van der Waals surface area contributed by atoms with E-state index >= 15 is 0 Å². The van der Waals surface area contributed by atoms with Gasteiger partial charge in [0.1, 0.15) is 0 Å². The zero-order valence-electron chi connectivity index (χ0n) is 8.27. The molecule has 0 bridgehead atoms. The van der Waals surface area contributed by atoms with Crippen LogP contribution in [0.3, 0.4) is 0 Å². The number of halogens is 1. The van der Waals surface area contributed by atoms with E-state index in [0.29, 0.717) is 19.1 Å². The maximum Gasteiger partial charge on any atom is 0.0938 e. The molecule has 0 spiro atoms. The van der Waals surface area contributed by atoms with Crippen LogP contribution in [-0.2, 0) is 0 Å². The number of β-amino-alcohol motifs (C(OH)–C–C–N with tert-alkyl or cyclic N) is 2. The van der Waals surface area contributed by atoms with E-state index in [1.165, 1.54) is 25.7 Å². The van der Waals surface area contributed by atoms with Gasteiger partial charge in [-0.25, -0.2) is 0 Å². The summed E-state index contributed by atoms with van der Waals surface area (Å²) in [6.07, 6.45) is 3.99. The summed E-state index contributed by atoms with van der Waals surface area (Å²) in [5.41, 5.74) is 0. The predicted molar refractivity (Wildman–Crippen MR) is 63.7 cm³/mol. The van der Waals surface area contributed by atoms with Gasteiger partial charge in [0.25, 0.3) is 0 Å². The van der Waals surface area contributed by atoms with Gasteiger partial charge in [0.2, 0.25) is 0 Å². The zero-order chi connectivity index (χ0) is 10.1. The Balaban J connectivity index is 1.85. The first-order valence-electron chi connectivity index (χ1n) is 5.41. The molecule has 0 unspecified atom stereocenters. The molecule has 0 aromatic heterocycles. The fourth-order valence-corrected chi connectivity index (χ4v) is 3.22. The molecule has 2 rings (SSSR count). The van der Waals surface area contributed by atoms with Crippen LogP contribution < -0.4 is 0 Å². The number of aliphatic hydroxyl groups is 2. The zero-order valence-corrected chi connectivity index (χ0v) is 10.4. The quantitative estimate of drug-likeness (QED) is 0.555. The van der Waals surface area contributed by atoms with Gasteiger partial charge in [0, 0.05) is 23.1 Å². The SMILES string of the molecule is O[C@H]1CN([C@H]2CC[C@H](I)CC2)C[C@@H]1O. The van der Waals surface area contributed by atoms with Crippen LogP contribution in [-0.4, -0.2) is 50.4 Å². The predicted octanol–water partition coefficient (Wildman–Crippen LogP) is 0.770. The van der Waals surface area contributed by atoms with Gasteiger partial charge in [-0.05, 0) is 25.7 Å². The van der Waals surface area contributed by atoms with Crippen molar-refractivity contribution < 1.29 is 10.2 Å².